The minimum Gasteiger partial charge on any atom is -0.391 e. The van der Waals surface area contributed by atoms with E-state index in [0.717, 1.165) is 17.7 Å². The number of sulfonamides is 1. The van der Waals surface area contributed by atoms with Gasteiger partial charge in [-0.25, -0.2) is 13.1 Å². The number of aliphatic hydroxyl groups excluding tert-OH is 1. The zero-order valence-electron chi connectivity index (χ0n) is 10.9. The van der Waals surface area contributed by atoms with Crippen molar-refractivity contribution in [2.75, 3.05) is 0 Å². The lowest BCUT2D eigenvalue weighted by molar-refractivity contribution is 0.285. The Balaban J connectivity index is 1.80. The monoisotopic (exact) mass is 301 g/mol. The molecule has 19 heavy (non-hydrogen) atoms. The van der Waals surface area contributed by atoms with Gasteiger partial charge in [0.1, 0.15) is 0 Å². The van der Waals surface area contributed by atoms with Gasteiger partial charge < -0.3 is 5.11 Å². The molecule has 2 fully saturated rings. The van der Waals surface area contributed by atoms with E-state index in [1.54, 1.807) is 13.0 Å². The lowest BCUT2D eigenvalue weighted by Crippen LogP contribution is -2.38. The number of aryl methyl sites for hydroxylation is 1. The third-order valence-electron chi connectivity index (χ3n) is 4.41. The zero-order valence-corrected chi connectivity index (χ0v) is 12.6. The molecule has 1 aromatic rings. The Morgan fingerprint density at radius 1 is 1.42 bits per heavy atom. The first-order valence-electron chi connectivity index (χ1n) is 6.72. The summed E-state index contributed by atoms with van der Waals surface area (Å²) in [6, 6.07) is 1.70. The maximum atomic E-state index is 12.4. The van der Waals surface area contributed by atoms with Crippen molar-refractivity contribution in [2.45, 2.75) is 50.2 Å². The summed E-state index contributed by atoms with van der Waals surface area (Å²) >= 11 is 1.35. The van der Waals surface area contributed by atoms with Gasteiger partial charge in [-0.05, 0) is 44.1 Å². The molecule has 2 saturated carbocycles. The van der Waals surface area contributed by atoms with Crippen LogP contribution in [0.25, 0.3) is 0 Å². The predicted octanol–water partition coefficient (Wildman–Crippen LogP) is 2.02. The number of hydrogen-bond acceptors (Lipinski definition) is 4. The van der Waals surface area contributed by atoms with Crippen LogP contribution in [0.2, 0.25) is 0 Å². The molecular weight excluding hydrogens is 282 g/mol. The number of fused-ring (bicyclic) bond motifs is 2. The molecule has 3 rings (SSSR count). The van der Waals surface area contributed by atoms with E-state index in [-0.39, 0.29) is 12.6 Å². The van der Waals surface area contributed by atoms with Gasteiger partial charge in [0.05, 0.1) is 11.5 Å². The fourth-order valence-corrected chi connectivity index (χ4v) is 6.33. The first kappa shape index (κ1) is 13.5. The molecule has 2 bridgehead atoms. The van der Waals surface area contributed by atoms with Gasteiger partial charge in [0.25, 0.3) is 0 Å². The molecular formula is C13H19NO3S2. The molecule has 3 unspecified atom stereocenters. The molecule has 0 saturated heterocycles. The van der Waals surface area contributed by atoms with Crippen molar-refractivity contribution in [1.29, 1.82) is 0 Å². The fraction of sp³-hybridized carbons (Fsp3) is 0.692. The van der Waals surface area contributed by atoms with Crippen molar-refractivity contribution in [3.05, 3.63) is 15.8 Å². The van der Waals surface area contributed by atoms with Crippen LogP contribution < -0.4 is 4.72 Å². The van der Waals surface area contributed by atoms with Crippen molar-refractivity contribution >= 4 is 21.4 Å². The summed E-state index contributed by atoms with van der Waals surface area (Å²) in [7, 11) is -3.44. The van der Waals surface area contributed by atoms with E-state index in [1.165, 1.54) is 24.2 Å². The number of aliphatic hydroxyl groups is 1. The van der Waals surface area contributed by atoms with Gasteiger partial charge in [-0.1, -0.05) is 6.42 Å². The van der Waals surface area contributed by atoms with E-state index in [9.17, 15) is 8.42 Å². The second kappa shape index (κ2) is 4.84. The summed E-state index contributed by atoms with van der Waals surface area (Å²) in [6.07, 6.45) is 4.58. The highest BCUT2D eigenvalue weighted by atomic mass is 32.2. The Bertz CT molecular complexity index is 579. The molecule has 1 heterocycles. The van der Waals surface area contributed by atoms with Crippen molar-refractivity contribution in [2.24, 2.45) is 11.8 Å². The normalized spacial score (nSPS) is 30.1. The van der Waals surface area contributed by atoms with Gasteiger partial charge >= 0.3 is 0 Å². The van der Waals surface area contributed by atoms with E-state index >= 15 is 0 Å². The van der Waals surface area contributed by atoms with E-state index < -0.39 is 10.0 Å². The lowest BCUT2D eigenvalue weighted by atomic mass is 9.96. The van der Waals surface area contributed by atoms with Gasteiger partial charge in [-0.2, -0.15) is 0 Å². The quantitative estimate of drug-likeness (QED) is 0.894. The molecule has 2 aliphatic rings. The predicted molar refractivity (Wildman–Crippen MR) is 74.5 cm³/mol. The van der Waals surface area contributed by atoms with Gasteiger partial charge in [0.15, 0.2) is 0 Å². The van der Waals surface area contributed by atoms with Crippen LogP contribution in [0.4, 0.5) is 0 Å². The number of hydrogen-bond donors (Lipinski definition) is 2. The highest BCUT2D eigenvalue weighted by Crippen LogP contribution is 2.45. The Morgan fingerprint density at radius 2 is 2.21 bits per heavy atom. The summed E-state index contributed by atoms with van der Waals surface area (Å²) in [6.45, 7) is 1.69. The lowest BCUT2D eigenvalue weighted by Gasteiger charge is -2.22. The van der Waals surface area contributed by atoms with Crippen molar-refractivity contribution in [1.82, 2.24) is 4.72 Å². The molecule has 3 atom stereocenters. The van der Waals surface area contributed by atoms with E-state index in [1.807, 2.05) is 0 Å². The highest BCUT2D eigenvalue weighted by molar-refractivity contribution is 7.89. The van der Waals surface area contributed by atoms with Crippen LogP contribution in [-0.2, 0) is 16.6 Å². The fourth-order valence-electron chi connectivity index (χ4n) is 3.52. The largest absolute Gasteiger partial charge is 0.391 e. The van der Waals surface area contributed by atoms with Gasteiger partial charge in [0, 0.05) is 15.8 Å². The third-order valence-corrected chi connectivity index (χ3v) is 7.19. The zero-order chi connectivity index (χ0) is 13.6. The average molecular weight is 301 g/mol. The number of thiophene rings is 1. The molecule has 0 spiro atoms. The third kappa shape index (κ3) is 2.46. The van der Waals surface area contributed by atoms with E-state index in [2.05, 4.69) is 4.72 Å². The van der Waals surface area contributed by atoms with Crippen molar-refractivity contribution < 1.29 is 13.5 Å². The SMILES string of the molecule is Cc1sc(CO)cc1S(=O)(=O)NC1CC2CCC1C2. The second-order valence-corrected chi connectivity index (χ2v) is 8.72. The molecule has 4 nitrogen and oxygen atoms in total. The van der Waals surface area contributed by atoms with Crippen LogP contribution in [0.3, 0.4) is 0 Å². The Labute approximate surface area is 117 Å². The summed E-state index contributed by atoms with van der Waals surface area (Å²) in [5.74, 6) is 1.24. The van der Waals surface area contributed by atoms with E-state index in [0.29, 0.717) is 21.6 Å². The first-order valence-corrected chi connectivity index (χ1v) is 9.02. The van der Waals surface area contributed by atoms with Crippen LogP contribution in [0.15, 0.2) is 11.0 Å². The molecule has 2 N–H and O–H groups in total. The molecule has 0 aromatic carbocycles. The highest BCUT2D eigenvalue weighted by Gasteiger charge is 2.41. The molecule has 0 amide bonds. The number of rotatable bonds is 4. The first-order chi connectivity index (χ1) is 8.99. The minimum absolute atomic E-state index is 0.102. The van der Waals surface area contributed by atoms with Gasteiger partial charge in [-0.3, -0.25) is 0 Å². The maximum absolute atomic E-state index is 12.4. The second-order valence-electron chi connectivity index (χ2n) is 5.69. The van der Waals surface area contributed by atoms with Crippen LogP contribution in [0, 0.1) is 18.8 Å². The minimum atomic E-state index is -3.44. The topological polar surface area (TPSA) is 66.4 Å². The molecule has 6 heteroatoms. The van der Waals surface area contributed by atoms with E-state index in [4.69, 9.17) is 5.11 Å². The van der Waals surface area contributed by atoms with Crippen molar-refractivity contribution in [3.8, 4) is 0 Å². The Morgan fingerprint density at radius 3 is 2.74 bits per heavy atom. The maximum Gasteiger partial charge on any atom is 0.241 e. The van der Waals surface area contributed by atoms with Crippen LogP contribution >= 0.6 is 11.3 Å². The van der Waals surface area contributed by atoms with Crippen LogP contribution in [0.5, 0.6) is 0 Å². The van der Waals surface area contributed by atoms with Crippen molar-refractivity contribution in [3.63, 3.8) is 0 Å². The standard InChI is InChI=1S/C13H19NO3S2/c1-8-13(6-11(7-15)18-8)19(16,17)14-12-5-9-2-3-10(12)4-9/h6,9-10,12,14-15H,2-5,7H2,1H3. The molecule has 0 aliphatic heterocycles. The smallest absolute Gasteiger partial charge is 0.241 e. The molecule has 1 aromatic heterocycles. The molecule has 106 valence electrons. The Hall–Kier alpha value is -0.430. The summed E-state index contributed by atoms with van der Waals surface area (Å²) in [5.41, 5.74) is 0. The van der Waals surface area contributed by atoms with Gasteiger partial charge in [-0.15, -0.1) is 11.3 Å². The summed E-state index contributed by atoms with van der Waals surface area (Å²) < 4.78 is 27.7. The Kier molecular flexibility index (Phi) is 3.45. The van der Waals surface area contributed by atoms with Crippen LogP contribution in [0.1, 0.15) is 35.4 Å². The number of nitrogens with one attached hydrogen (secondary N) is 1. The molecule has 0 radical (unpaired) electrons. The molecule has 2 aliphatic carbocycles. The van der Waals surface area contributed by atoms with Crippen LogP contribution in [-0.4, -0.2) is 19.6 Å². The summed E-state index contributed by atoms with van der Waals surface area (Å²) in [5, 5.41) is 9.11. The summed E-state index contributed by atoms with van der Waals surface area (Å²) in [4.78, 5) is 1.79. The average Bonchev–Trinajstić information content (AvgIpc) is 3.02. The van der Waals surface area contributed by atoms with Gasteiger partial charge in [0.2, 0.25) is 10.0 Å².